The topological polar surface area (TPSA) is 29.3 Å². The molecular formula is C16H24N2S. The van der Waals surface area contributed by atoms with Crippen molar-refractivity contribution in [1.82, 2.24) is 4.90 Å². The molecule has 1 aliphatic heterocycles. The van der Waals surface area contributed by atoms with E-state index in [9.17, 15) is 0 Å². The molecule has 1 fully saturated rings. The predicted octanol–water partition coefficient (Wildman–Crippen LogP) is 3.33. The summed E-state index contributed by atoms with van der Waals surface area (Å²) in [6.07, 6.45) is 5.38. The van der Waals surface area contributed by atoms with Gasteiger partial charge in [-0.1, -0.05) is 43.8 Å². The first-order valence-electron chi connectivity index (χ1n) is 7.30. The Morgan fingerprint density at radius 2 is 2.21 bits per heavy atom. The van der Waals surface area contributed by atoms with Gasteiger partial charge in [-0.15, -0.1) is 0 Å². The van der Waals surface area contributed by atoms with E-state index >= 15 is 0 Å². The first-order chi connectivity index (χ1) is 9.19. The van der Waals surface area contributed by atoms with Gasteiger partial charge in [0.15, 0.2) is 0 Å². The summed E-state index contributed by atoms with van der Waals surface area (Å²) < 4.78 is 0. The van der Waals surface area contributed by atoms with Crippen molar-refractivity contribution in [1.29, 1.82) is 0 Å². The van der Waals surface area contributed by atoms with Crippen LogP contribution in [0, 0.1) is 5.92 Å². The van der Waals surface area contributed by atoms with Crippen LogP contribution in [0.3, 0.4) is 0 Å². The van der Waals surface area contributed by atoms with E-state index in [2.05, 4.69) is 30.0 Å². The molecule has 2 rings (SSSR count). The van der Waals surface area contributed by atoms with Crippen molar-refractivity contribution in [3.8, 4) is 0 Å². The Morgan fingerprint density at radius 1 is 1.37 bits per heavy atom. The molecule has 19 heavy (non-hydrogen) atoms. The van der Waals surface area contributed by atoms with Crippen molar-refractivity contribution < 1.29 is 0 Å². The minimum atomic E-state index is 0.490. The molecule has 0 amide bonds. The second-order valence-electron chi connectivity index (χ2n) is 5.55. The Morgan fingerprint density at radius 3 is 2.95 bits per heavy atom. The molecule has 1 saturated heterocycles. The molecule has 1 unspecified atom stereocenters. The summed E-state index contributed by atoms with van der Waals surface area (Å²) in [5, 5.41) is 0. The maximum absolute atomic E-state index is 5.69. The molecular weight excluding hydrogens is 252 g/mol. The van der Waals surface area contributed by atoms with Crippen molar-refractivity contribution in [2.75, 3.05) is 13.1 Å². The number of likely N-dealkylation sites (tertiary alicyclic amines) is 1. The Hall–Kier alpha value is -0.930. The second-order valence-corrected chi connectivity index (χ2v) is 5.99. The lowest BCUT2D eigenvalue weighted by molar-refractivity contribution is 0.272. The average Bonchev–Trinajstić information content (AvgIpc) is 2.64. The summed E-state index contributed by atoms with van der Waals surface area (Å²) in [7, 11) is 0. The molecule has 0 aromatic heterocycles. The minimum Gasteiger partial charge on any atom is -0.389 e. The molecule has 104 valence electrons. The summed E-state index contributed by atoms with van der Waals surface area (Å²) in [6.45, 7) is 5.77. The number of nitrogens with two attached hydrogens (primary N) is 1. The molecule has 1 aliphatic rings. The molecule has 1 heterocycles. The highest BCUT2D eigenvalue weighted by Gasteiger charge is 2.15. The highest BCUT2D eigenvalue weighted by Crippen LogP contribution is 2.21. The van der Waals surface area contributed by atoms with Crippen molar-refractivity contribution in [2.45, 2.75) is 39.2 Å². The van der Waals surface area contributed by atoms with Gasteiger partial charge in [0.1, 0.15) is 4.99 Å². The van der Waals surface area contributed by atoms with Crippen LogP contribution >= 0.6 is 12.2 Å². The summed E-state index contributed by atoms with van der Waals surface area (Å²) >= 11 is 5.04. The smallest absolute Gasteiger partial charge is 0.103 e. The van der Waals surface area contributed by atoms with E-state index in [1.54, 1.807) is 0 Å². The summed E-state index contributed by atoms with van der Waals surface area (Å²) in [5.41, 5.74) is 7.99. The molecule has 0 bridgehead atoms. The van der Waals surface area contributed by atoms with Gasteiger partial charge in [0.05, 0.1) is 0 Å². The molecule has 0 radical (unpaired) electrons. The number of rotatable bonds is 4. The van der Waals surface area contributed by atoms with Gasteiger partial charge in [-0.25, -0.2) is 0 Å². The lowest BCUT2D eigenvalue weighted by atomic mass is 9.98. The third kappa shape index (κ3) is 4.29. The zero-order valence-corrected chi connectivity index (χ0v) is 12.6. The monoisotopic (exact) mass is 276 g/mol. The lowest BCUT2D eigenvalue weighted by Gasteiger charge is -2.20. The van der Waals surface area contributed by atoms with E-state index in [-0.39, 0.29) is 0 Å². The first-order valence-corrected chi connectivity index (χ1v) is 7.71. The standard InChI is InChI=1S/C16H24N2S/c1-2-13-6-4-9-18(10-8-13)12-14-5-3-7-15(11-14)16(17)19/h3,5,7,11,13H,2,4,6,8-10,12H2,1H3,(H2,17,19). The number of hydrogen-bond acceptors (Lipinski definition) is 2. The summed E-state index contributed by atoms with van der Waals surface area (Å²) in [6, 6.07) is 8.34. The quantitative estimate of drug-likeness (QED) is 0.855. The van der Waals surface area contributed by atoms with Crippen LogP contribution in [0.4, 0.5) is 0 Å². The Bertz CT molecular complexity index is 431. The fourth-order valence-corrected chi connectivity index (χ4v) is 3.00. The van der Waals surface area contributed by atoms with E-state index in [0.717, 1.165) is 18.0 Å². The fraction of sp³-hybridized carbons (Fsp3) is 0.562. The maximum atomic E-state index is 5.69. The van der Waals surface area contributed by atoms with Gasteiger partial charge in [-0.05, 0) is 49.9 Å². The largest absolute Gasteiger partial charge is 0.389 e. The molecule has 2 nitrogen and oxygen atoms in total. The van der Waals surface area contributed by atoms with Crippen molar-refractivity contribution in [3.63, 3.8) is 0 Å². The number of hydrogen-bond donors (Lipinski definition) is 1. The molecule has 0 saturated carbocycles. The molecule has 0 spiro atoms. The zero-order chi connectivity index (χ0) is 13.7. The van der Waals surface area contributed by atoms with Crippen LogP contribution in [0.15, 0.2) is 24.3 Å². The third-order valence-corrected chi connectivity index (χ3v) is 4.37. The highest BCUT2D eigenvalue weighted by atomic mass is 32.1. The fourth-order valence-electron chi connectivity index (χ4n) is 2.87. The molecule has 1 aromatic rings. The van der Waals surface area contributed by atoms with Gasteiger partial charge in [0, 0.05) is 12.1 Å². The molecule has 0 aliphatic carbocycles. The molecule has 2 N–H and O–H groups in total. The van der Waals surface area contributed by atoms with E-state index in [4.69, 9.17) is 18.0 Å². The van der Waals surface area contributed by atoms with Gasteiger partial charge in [0.25, 0.3) is 0 Å². The van der Waals surface area contributed by atoms with Crippen LogP contribution in [0.1, 0.15) is 43.7 Å². The van der Waals surface area contributed by atoms with Crippen LogP contribution in [-0.4, -0.2) is 23.0 Å². The van der Waals surface area contributed by atoms with Crippen molar-refractivity contribution in [3.05, 3.63) is 35.4 Å². The number of thiocarbonyl (C=S) groups is 1. The lowest BCUT2D eigenvalue weighted by Crippen LogP contribution is -2.24. The predicted molar refractivity (Wildman–Crippen MR) is 85.2 cm³/mol. The van der Waals surface area contributed by atoms with Gasteiger partial charge in [-0.3, -0.25) is 4.90 Å². The van der Waals surface area contributed by atoms with Crippen molar-refractivity contribution in [2.24, 2.45) is 11.7 Å². The van der Waals surface area contributed by atoms with Crippen LogP contribution in [-0.2, 0) is 6.54 Å². The Balaban J connectivity index is 1.97. The maximum Gasteiger partial charge on any atom is 0.103 e. The zero-order valence-electron chi connectivity index (χ0n) is 11.8. The highest BCUT2D eigenvalue weighted by molar-refractivity contribution is 7.80. The minimum absolute atomic E-state index is 0.490. The van der Waals surface area contributed by atoms with Crippen LogP contribution in [0.2, 0.25) is 0 Å². The van der Waals surface area contributed by atoms with Crippen LogP contribution in [0.5, 0.6) is 0 Å². The van der Waals surface area contributed by atoms with E-state index in [0.29, 0.717) is 4.99 Å². The van der Waals surface area contributed by atoms with E-state index in [1.165, 1.54) is 44.3 Å². The molecule has 1 atom stereocenters. The molecule has 3 heteroatoms. The number of benzene rings is 1. The van der Waals surface area contributed by atoms with Crippen molar-refractivity contribution >= 4 is 17.2 Å². The second kappa shape index (κ2) is 7.01. The normalized spacial score (nSPS) is 21.0. The number of nitrogens with zero attached hydrogens (tertiary/aromatic N) is 1. The van der Waals surface area contributed by atoms with Crippen LogP contribution in [0.25, 0.3) is 0 Å². The first kappa shape index (κ1) is 14.5. The van der Waals surface area contributed by atoms with E-state index in [1.807, 2.05) is 6.07 Å². The summed E-state index contributed by atoms with van der Waals surface area (Å²) in [5.74, 6) is 0.924. The Kier molecular flexibility index (Phi) is 5.34. The summed E-state index contributed by atoms with van der Waals surface area (Å²) in [4.78, 5) is 3.05. The molecule has 1 aromatic carbocycles. The van der Waals surface area contributed by atoms with Gasteiger partial charge < -0.3 is 5.73 Å². The van der Waals surface area contributed by atoms with Gasteiger partial charge >= 0.3 is 0 Å². The average molecular weight is 276 g/mol. The van der Waals surface area contributed by atoms with E-state index < -0.39 is 0 Å². The Labute approximate surface area is 122 Å². The SMILES string of the molecule is CCC1CCCN(Cc2cccc(C(N)=S)c2)CC1. The van der Waals surface area contributed by atoms with Gasteiger partial charge in [-0.2, -0.15) is 0 Å². The third-order valence-electron chi connectivity index (χ3n) is 4.14. The van der Waals surface area contributed by atoms with Gasteiger partial charge in [0.2, 0.25) is 0 Å². The van der Waals surface area contributed by atoms with Crippen LogP contribution < -0.4 is 5.73 Å².